The molecule has 12 heteroatoms. The van der Waals surface area contributed by atoms with Crippen molar-refractivity contribution >= 4 is 55.6 Å². The third-order valence-corrected chi connectivity index (χ3v) is 56.8. The SMILES string of the molecule is CC(=C[Si]1(C)CCC([Si]2(C)CCC(C)(C)O[Si]2(C)C)([Si]2(C)CCC(C)(C)O[Si]2(C)C)C(C)(C)O1)C(=O)OC(C)O[SiH3]. The Kier molecular flexibility index (Phi) is 9.62. The summed E-state index contributed by atoms with van der Waals surface area (Å²) in [5.41, 5.74) is 2.37. The van der Waals surface area contributed by atoms with Gasteiger partial charge in [0.05, 0.1) is 32.0 Å². The maximum atomic E-state index is 12.9. The van der Waals surface area contributed by atoms with Gasteiger partial charge in [0.25, 0.3) is 0 Å². The van der Waals surface area contributed by atoms with Gasteiger partial charge in [-0.25, -0.2) is 4.79 Å². The van der Waals surface area contributed by atoms with Gasteiger partial charge in [0, 0.05) is 5.57 Å². The molecule has 0 aromatic rings. The van der Waals surface area contributed by atoms with Crippen molar-refractivity contribution < 1.29 is 27.2 Å². The molecule has 0 amide bonds. The molecule has 3 aliphatic rings. The average molecular weight is 675 g/mol. The van der Waals surface area contributed by atoms with Crippen molar-refractivity contribution in [3.8, 4) is 0 Å². The van der Waals surface area contributed by atoms with Crippen LogP contribution < -0.4 is 0 Å². The van der Waals surface area contributed by atoms with Crippen molar-refractivity contribution in [3.63, 3.8) is 0 Å². The monoisotopic (exact) mass is 674 g/mol. The fourth-order valence-electron chi connectivity index (χ4n) is 9.73. The summed E-state index contributed by atoms with van der Waals surface area (Å²) in [7, 11) is -10.2. The quantitative estimate of drug-likeness (QED) is 0.133. The first-order valence-corrected chi connectivity index (χ1v) is 32.5. The van der Waals surface area contributed by atoms with E-state index in [0.29, 0.717) is 16.1 Å². The van der Waals surface area contributed by atoms with Gasteiger partial charge in [-0.3, -0.25) is 0 Å². The van der Waals surface area contributed by atoms with E-state index in [2.05, 4.69) is 93.1 Å². The lowest BCUT2D eigenvalue weighted by atomic mass is 10.0. The zero-order chi connectivity index (χ0) is 31.7. The van der Waals surface area contributed by atoms with Gasteiger partial charge in [-0.1, -0.05) is 30.9 Å². The number of carbonyl (C=O) groups is 1. The van der Waals surface area contributed by atoms with Crippen LogP contribution in [-0.2, 0) is 27.2 Å². The summed E-state index contributed by atoms with van der Waals surface area (Å²) >= 11 is 0. The van der Waals surface area contributed by atoms with Gasteiger partial charge >= 0.3 is 5.97 Å². The van der Waals surface area contributed by atoms with Crippen LogP contribution in [0.5, 0.6) is 0 Å². The third-order valence-electron chi connectivity index (χ3n) is 12.0. The highest BCUT2D eigenvalue weighted by atomic mass is 29.3. The van der Waals surface area contributed by atoms with Crippen LogP contribution in [0.25, 0.3) is 0 Å². The summed E-state index contributed by atoms with van der Waals surface area (Å²) in [6.07, 6.45) is 2.92. The first-order valence-electron chi connectivity index (χ1n) is 15.8. The van der Waals surface area contributed by atoms with Gasteiger partial charge in [-0.15, -0.1) is 0 Å². The van der Waals surface area contributed by atoms with Crippen LogP contribution in [0.1, 0.15) is 74.7 Å². The average Bonchev–Trinajstić information content (AvgIpc) is 2.77. The Hall–Kier alpha value is 0.351. The van der Waals surface area contributed by atoms with E-state index < -0.39 is 45.5 Å². The highest BCUT2D eigenvalue weighted by Crippen LogP contribution is 2.70. The van der Waals surface area contributed by atoms with Gasteiger partial charge in [0.2, 0.25) is 8.32 Å². The summed E-state index contributed by atoms with van der Waals surface area (Å²) in [4.78, 5) is 12.9. The standard InChI is InChI=1S/C29H62O6Si6/c1-23(25(30)31-24(2)32-36)22-39(13)19-18-29(28(7,8)35-39,40(14)20-16-26(3,4)33-37(40,9)10)41(15)21-17-27(5,6)34-38(41,11)12/h22,24H,16-21H2,1-15,36H3. The van der Waals surface area contributed by atoms with Crippen LogP contribution >= 0.6 is 0 Å². The lowest BCUT2D eigenvalue weighted by molar-refractivity contribution is -0.155. The van der Waals surface area contributed by atoms with Crippen molar-refractivity contribution in [1.29, 1.82) is 0 Å². The minimum absolute atomic E-state index is 0.0607. The Labute approximate surface area is 259 Å². The molecule has 3 rings (SSSR count). The summed E-state index contributed by atoms with van der Waals surface area (Å²) < 4.78 is 33.1. The molecule has 3 saturated heterocycles. The van der Waals surface area contributed by atoms with Crippen molar-refractivity contribution in [1.82, 2.24) is 0 Å². The molecular weight excluding hydrogens is 613 g/mol. The van der Waals surface area contributed by atoms with Crippen molar-refractivity contribution in [2.75, 3.05) is 0 Å². The molecule has 3 aliphatic heterocycles. The number of rotatable bonds is 6. The molecule has 0 aliphatic carbocycles. The van der Waals surface area contributed by atoms with E-state index in [1.807, 2.05) is 6.92 Å². The minimum Gasteiger partial charge on any atom is -0.434 e. The Morgan fingerprint density at radius 2 is 1.22 bits per heavy atom. The lowest BCUT2D eigenvalue weighted by Gasteiger charge is -2.74. The summed E-state index contributed by atoms with van der Waals surface area (Å²) in [6, 6.07) is 3.64. The first-order chi connectivity index (χ1) is 18.3. The second-order valence-corrected chi connectivity index (χ2v) is 49.7. The molecule has 0 N–H and O–H groups in total. The fourth-order valence-corrected chi connectivity index (χ4v) is 61.1. The summed E-state index contributed by atoms with van der Waals surface area (Å²) in [5.74, 6) is -0.295. The van der Waals surface area contributed by atoms with E-state index in [9.17, 15) is 4.79 Å². The zero-order valence-corrected chi connectivity index (χ0v) is 36.3. The number of carbonyl (C=O) groups excluding carboxylic acids is 1. The van der Waals surface area contributed by atoms with Crippen LogP contribution in [0.2, 0.25) is 68.6 Å². The summed E-state index contributed by atoms with van der Waals surface area (Å²) in [6.45, 7) is 35.7. The Balaban J connectivity index is 2.20. The van der Waals surface area contributed by atoms with Gasteiger partial charge in [0.15, 0.2) is 32.4 Å². The van der Waals surface area contributed by atoms with E-state index in [1.54, 1.807) is 6.92 Å². The predicted octanol–water partition coefficient (Wildman–Crippen LogP) is 6.83. The molecular formula is C29H62O6Si6. The normalized spacial score (nSPS) is 40.5. The van der Waals surface area contributed by atoms with E-state index in [0.717, 1.165) is 18.9 Å². The van der Waals surface area contributed by atoms with Crippen LogP contribution in [0, 0.1) is 0 Å². The topological polar surface area (TPSA) is 63.2 Å². The van der Waals surface area contributed by atoms with Crippen LogP contribution in [0.3, 0.4) is 0 Å². The molecule has 0 aromatic carbocycles. The molecule has 0 spiro atoms. The molecule has 0 aromatic heterocycles. The molecule has 3 heterocycles. The number of hydrogen-bond acceptors (Lipinski definition) is 6. The first kappa shape index (κ1) is 35.8. The van der Waals surface area contributed by atoms with Crippen LogP contribution in [0.15, 0.2) is 11.3 Å². The highest BCUT2D eigenvalue weighted by Gasteiger charge is 2.79. The fraction of sp³-hybridized carbons (Fsp3) is 0.897. The Morgan fingerprint density at radius 1 is 0.780 bits per heavy atom. The van der Waals surface area contributed by atoms with Crippen molar-refractivity contribution in [2.45, 2.75) is 166 Å². The summed E-state index contributed by atoms with van der Waals surface area (Å²) in [5, 5.41) is 0. The number of esters is 1. The van der Waals surface area contributed by atoms with E-state index in [-0.39, 0.29) is 27.4 Å². The predicted molar refractivity (Wildman–Crippen MR) is 187 cm³/mol. The molecule has 3 fully saturated rings. The minimum atomic E-state index is -2.39. The molecule has 0 radical (unpaired) electrons. The maximum Gasteiger partial charge on any atom is 0.335 e. The Morgan fingerprint density at radius 3 is 1.59 bits per heavy atom. The maximum absolute atomic E-state index is 12.9. The van der Waals surface area contributed by atoms with Crippen molar-refractivity contribution in [3.05, 3.63) is 11.3 Å². The Bertz CT molecular complexity index is 1010. The van der Waals surface area contributed by atoms with Crippen LogP contribution in [0.4, 0.5) is 0 Å². The molecule has 6 nitrogen and oxygen atoms in total. The molecule has 4 atom stereocenters. The second kappa shape index (κ2) is 11.0. The molecule has 0 saturated carbocycles. The molecule has 238 valence electrons. The van der Waals surface area contributed by atoms with Crippen molar-refractivity contribution in [2.24, 2.45) is 0 Å². The van der Waals surface area contributed by atoms with Gasteiger partial charge in [-0.2, -0.15) is 0 Å². The largest absolute Gasteiger partial charge is 0.434 e. The lowest BCUT2D eigenvalue weighted by Crippen LogP contribution is -2.86. The highest BCUT2D eigenvalue weighted by molar-refractivity contribution is 7.51. The van der Waals surface area contributed by atoms with Crippen LogP contribution in [-0.4, -0.2) is 78.7 Å². The zero-order valence-electron chi connectivity index (χ0n) is 29.3. The van der Waals surface area contributed by atoms with Gasteiger partial charge in [0.1, 0.15) is 0 Å². The van der Waals surface area contributed by atoms with Gasteiger partial charge in [-0.05, 0) is 118 Å². The smallest absolute Gasteiger partial charge is 0.335 e. The van der Waals surface area contributed by atoms with E-state index in [4.69, 9.17) is 22.4 Å². The van der Waals surface area contributed by atoms with E-state index >= 15 is 0 Å². The number of hydrogen-bond donors (Lipinski definition) is 0. The molecule has 4 unspecified atom stereocenters. The third kappa shape index (κ3) is 6.01. The van der Waals surface area contributed by atoms with E-state index in [1.165, 1.54) is 18.5 Å². The second-order valence-electron chi connectivity index (χ2n) is 16.8. The van der Waals surface area contributed by atoms with Gasteiger partial charge < -0.3 is 22.4 Å². The number of ether oxygens (including phenoxy) is 1. The molecule has 41 heavy (non-hydrogen) atoms. The molecule has 0 bridgehead atoms.